The van der Waals surface area contributed by atoms with Gasteiger partial charge >= 0.3 is 0 Å². The van der Waals surface area contributed by atoms with Crippen molar-refractivity contribution in [2.45, 2.75) is 19.4 Å². The van der Waals surface area contributed by atoms with Gasteiger partial charge in [-0.15, -0.1) is 0 Å². The number of benzene rings is 2. The van der Waals surface area contributed by atoms with Gasteiger partial charge in [0.1, 0.15) is 5.75 Å². The van der Waals surface area contributed by atoms with E-state index in [1.807, 2.05) is 30.3 Å². The van der Waals surface area contributed by atoms with E-state index in [9.17, 15) is 0 Å². The number of nitrogens with two attached hydrogens (primary N) is 1. The highest BCUT2D eigenvalue weighted by atomic mass is 35.5. The lowest BCUT2D eigenvalue weighted by Crippen LogP contribution is -2.13. The van der Waals surface area contributed by atoms with Crippen molar-refractivity contribution in [3.63, 3.8) is 0 Å². The van der Waals surface area contributed by atoms with Gasteiger partial charge in [0.05, 0.1) is 22.7 Å². The zero-order valence-corrected chi connectivity index (χ0v) is 12.8. The number of ether oxygens (including phenoxy) is 1. The summed E-state index contributed by atoms with van der Waals surface area (Å²) in [5, 5.41) is 1.03. The Hall–Kier alpha value is -1.22. The van der Waals surface area contributed by atoms with E-state index in [-0.39, 0.29) is 6.04 Å². The highest BCUT2D eigenvalue weighted by Gasteiger charge is 2.15. The maximum atomic E-state index is 6.33. The Balaban J connectivity index is 2.32. The first kappa shape index (κ1) is 15.2. The SMILES string of the molecule is CCCOc1ccccc1C(N)c1ccc(Cl)c(Cl)c1. The van der Waals surface area contributed by atoms with Crippen molar-refractivity contribution in [2.24, 2.45) is 5.73 Å². The summed E-state index contributed by atoms with van der Waals surface area (Å²) >= 11 is 12.0. The molecule has 0 aliphatic heterocycles. The van der Waals surface area contributed by atoms with E-state index < -0.39 is 0 Å². The molecule has 0 saturated heterocycles. The molecule has 0 bridgehead atoms. The minimum Gasteiger partial charge on any atom is -0.493 e. The fraction of sp³-hybridized carbons (Fsp3) is 0.250. The van der Waals surface area contributed by atoms with Gasteiger partial charge < -0.3 is 10.5 Å². The molecule has 0 saturated carbocycles. The first-order valence-corrected chi connectivity index (χ1v) is 7.31. The molecule has 2 aromatic rings. The van der Waals surface area contributed by atoms with Crippen LogP contribution in [0.4, 0.5) is 0 Å². The Morgan fingerprint density at radius 1 is 1.10 bits per heavy atom. The third-order valence-corrected chi connectivity index (χ3v) is 3.76. The second-order valence-corrected chi connectivity index (χ2v) is 5.35. The largest absolute Gasteiger partial charge is 0.493 e. The summed E-state index contributed by atoms with van der Waals surface area (Å²) in [6.07, 6.45) is 0.955. The Morgan fingerprint density at radius 2 is 1.85 bits per heavy atom. The third-order valence-electron chi connectivity index (χ3n) is 3.02. The molecule has 2 rings (SSSR count). The fourth-order valence-electron chi connectivity index (χ4n) is 1.97. The Morgan fingerprint density at radius 3 is 2.55 bits per heavy atom. The molecule has 1 atom stereocenters. The molecular weight excluding hydrogens is 293 g/mol. The Labute approximate surface area is 129 Å². The van der Waals surface area contributed by atoms with Crippen molar-refractivity contribution in [3.05, 3.63) is 63.6 Å². The van der Waals surface area contributed by atoms with Gasteiger partial charge in [0.2, 0.25) is 0 Å². The maximum absolute atomic E-state index is 6.33. The van der Waals surface area contributed by atoms with E-state index in [0.717, 1.165) is 23.3 Å². The number of hydrogen-bond acceptors (Lipinski definition) is 2. The van der Waals surface area contributed by atoms with Crippen LogP contribution in [0.25, 0.3) is 0 Å². The van der Waals surface area contributed by atoms with Crippen LogP contribution in [0.1, 0.15) is 30.5 Å². The summed E-state index contributed by atoms with van der Waals surface area (Å²) in [7, 11) is 0. The van der Waals surface area contributed by atoms with Crippen LogP contribution in [0, 0.1) is 0 Å². The minimum absolute atomic E-state index is 0.294. The van der Waals surface area contributed by atoms with Crippen LogP contribution in [0.3, 0.4) is 0 Å². The van der Waals surface area contributed by atoms with E-state index in [0.29, 0.717) is 16.7 Å². The summed E-state index contributed by atoms with van der Waals surface area (Å²) in [6, 6.07) is 12.9. The molecule has 2 nitrogen and oxygen atoms in total. The first-order chi connectivity index (χ1) is 9.63. The standard InChI is InChI=1S/C16H17Cl2NO/c1-2-9-20-15-6-4-3-5-12(15)16(19)11-7-8-13(17)14(18)10-11/h3-8,10,16H,2,9,19H2,1H3. The second-order valence-electron chi connectivity index (χ2n) is 4.54. The van der Waals surface area contributed by atoms with Gasteiger partial charge in [-0.05, 0) is 30.2 Å². The van der Waals surface area contributed by atoms with Crippen molar-refractivity contribution < 1.29 is 4.74 Å². The maximum Gasteiger partial charge on any atom is 0.124 e. The van der Waals surface area contributed by atoms with E-state index in [1.54, 1.807) is 12.1 Å². The molecule has 0 fully saturated rings. The molecule has 0 aliphatic carbocycles. The molecular formula is C16H17Cl2NO. The predicted octanol–water partition coefficient (Wildman–Crippen LogP) is 4.83. The molecule has 4 heteroatoms. The van der Waals surface area contributed by atoms with E-state index >= 15 is 0 Å². The van der Waals surface area contributed by atoms with Crippen molar-refractivity contribution in [2.75, 3.05) is 6.61 Å². The Bertz CT molecular complexity index is 586. The van der Waals surface area contributed by atoms with Crippen molar-refractivity contribution >= 4 is 23.2 Å². The lowest BCUT2D eigenvalue weighted by Gasteiger charge is -2.17. The van der Waals surface area contributed by atoms with Crippen LogP contribution >= 0.6 is 23.2 Å². The van der Waals surface area contributed by atoms with Gasteiger partial charge in [0.25, 0.3) is 0 Å². The molecule has 1 unspecified atom stereocenters. The van der Waals surface area contributed by atoms with E-state index in [2.05, 4.69) is 6.92 Å². The molecule has 0 radical (unpaired) electrons. The van der Waals surface area contributed by atoms with Crippen LogP contribution in [-0.4, -0.2) is 6.61 Å². The van der Waals surface area contributed by atoms with Crippen molar-refractivity contribution in [1.29, 1.82) is 0 Å². The monoisotopic (exact) mass is 309 g/mol. The molecule has 0 aromatic heterocycles. The number of rotatable bonds is 5. The number of halogens is 2. The highest BCUT2D eigenvalue weighted by molar-refractivity contribution is 6.42. The normalized spacial score (nSPS) is 12.2. The van der Waals surface area contributed by atoms with Crippen LogP contribution in [0.2, 0.25) is 10.0 Å². The molecule has 2 N–H and O–H groups in total. The Kier molecular flexibility index (Phi) is 5.30. The average Bonchev–Trinajstić information content (AvgIpc) is 2.47. The smallest absolute Gasteiger partial charge is 0.124 e. The zero-order chi connectivity index (χ0) is 14.5. The summed E-state index contributed by atoms with van der Waals surface area (Å²) in [4.78, 5) is 0. The summed E-state index contributed by atoms with van der Waals surface area (Å²) in [6.45, 7) is 2.74. The quantitative estimate of drug-likeness (QED) is 0.858. The van der Waals surface area contributed by atoms with Crippen LogP contribution in [-0.2, 0) is 0 Å². The van der Waals surface area contributed by atoms with Gasteiger partial charge in [-0.3, -0.25) is 0 Å². The average molecular weight is 310 g/mol. The third kappa shape index (κ3) is 3.45. The topological polar surface area (TPSA) is 35.2 Å². The molecule has 106 valence electrons. The van der Waals surface area contributed by atoms with Crippen molar-refractivity contribution in [3.8, 4) is 5.75 Å². The first-order valence-electron chi connectivity index (χ1n) is 6.55. The lowest BCUT2D eigenvalue weighted by molar-refractivity contribution is 0.313. The zero-order valence-electron chi connectivity index (χ0n) is 11.3. The summed E-state index contributed by atoms with van der Waals surface area (Å²) in [5.41, 5.74) is 8.18. The predicted molar refractivity (Wildman–Crippen MR) is 84.7 cm³/mol. The number of para-hydroxylation sites is 1. The highest BCUT2D eigenvalue weighted by Crippen LogP contribution is 2.31. The second kappa shape index (κ2) is 6.98. The van der Waals surface area contributed by atoms with Crippen LogP contribution < -0.4 is 10.5 Å². The summed E-state index contributed by atoms with van der Waals surface area (Å²) in [5.74, 6) is 0.813. The van der Waals surface area contributed by atoms with Crippen molar-refractivity contribution in [1.82, 2.24) is 0 Å². The van der Waals surface area contributed by atoms with Gasteiger partial charge in [-0.2, -0.15) is 0 Å². The molecule has 0 heterocycles. The van der Waals surface area contributed by atoms with Crippen LogP contribution in [0.15, 0.2) is 42.5 Å². The number of hydrogen-bond donors (Lipinski definition) is 1. The molecule has 0 spiro atoms. The van der Waals surface area contributed by atoms with Gasteiger partial charge in [0.15, 0.2) is 0 Å². The van der Waals surface area contributed by atoms with E-state index in [1.165, 1.54) is 0 Å². The van der Waals surface area contributed by atoms with Gasteiger partial charge in [-0.25, -0.2) is 0 Å². The van der Waals surface area contributed by atoms with Crippen LogP contribution in [0.5, 0.6) is 5.75 Å². The van der Waals surface area contributed by atoms with Gasteiger partial charge in [-0.1, -0.05) is 54.4 Å². The molecule has 2 aromatic carbocycles. The summed E-state index contributed by atoms with van der Waals surface area (Å²) < 4.78 is 5.74. The molecule has 20 heavy (non-hydrogen) atoms. The molecule has 0 aliphatic rings. The fourth-order valence-corrected chi connectivity index (χ4v) is 2.27. The van der Waals surface area contributed by atoms with E-state index in [4.69, 9.17) is 33.7 Å². The molecule has 0 amide bonds. The lowest BCUT2D eigenvalue weighted by atomic mass is 9.99. The van der Waals surface area contributed by atoms with Gasteiger partial charge in [0, 0.05) is 5.56 Å². The minimum atomic E-state index is -0.294.